The normalized spacial score (nSPS) is 8.76. The van der Waals surface area contributed by atoms with Gasteiger partial charge in [-0.25, -0.2) is 0 Å². The van der Waals surface area contributed by atoms with Crippen LogP contribution in [0.3, 0.4) is 0 Å². The first-order valence-corrected chi connectivity index (χ1v) is 10.7. The maximum Gasteiger partial charge on any atom is 0.315 e. The number of carbonyl (C=O) groups excluding carboxylic acids is 6. The van der Waals surface area contributed by atoms with Gasteiger partial charge < -0.3 is 30.0 Å². The van der Waals surface area contributed by atoms with Crippen LogP contribution in [-0.4, -0.2) is 74.5 Å². The summed E-state index contributed by atoms with van der Waals surface area (Å²) in [5, 5.41) is 1.73. The summed E-state index contributed by atoms with van der Waals surface area (Å²) in [5.74, 6) is -2.19. The molecule has 34 heavy (non-hydrogen) atoms. The summed E-state index contributed by atoms with van der Waals surface area (Å²) >= 11 is 4.87. The predicted octanol–water partition coefficient (Wildman–Crippen LogP) is 1.03. The zero-order valence-electron chi connectivity index (χ0n) is 20.0. The van der Waals surface area contributed by atoms with Crippen molar-refractivity contribution in [2.45, 2.75) is 53.4 Å². The third-order valence-electron chi connectivity index (χ3n) is 2.81. The Hall–Kier alpha value is -2.44. The van der Waals surface area contributed by atoms with Crippen LogP contribution in [0.1, 0.15) is 53.4 Å². The molecule has 1 amide bonds. The zero-order valence-corrected chi connectivity index (χ0v) is 21.6. The molecule has 0 radical (unpaired) electrons. The third-order valence-corrected chi connectivity index (χ3v) is 2.94. The van der Waals surface area contributed by atoms with Crippen LogP contribution >= 0.6 is 24.0 Å². The van der Waals surface area contributed by atoms with E-state index in [1.54, 1.807) is 27.7 Å². The Bertz CT molecular complexity index is 596. The maximum absolute atomic E-state index is 11.1. The quantitative estimate of drug-likeness (QED) is 0.149. The summed E-state index contributed by atoms with van der Waals surface area (Å²) in [6.45, 7) is 8.63. The first-order valence-electron chi connectivity index (χ1n) is 10.3. The van der Waals surface area contributed by atoms with Gasteiger partial charge in [0.1, 0.15) is 12.8 Å². The Morgan fingerprint density at radius 3 is 1.44 bits per heavy atom. The van der Waals surface area contributed by atoms with E-state index in [2.05, 4.69) is 24.3 Å². The monoisotopic (exact) mass is 534 g/mol. The second kappa shape index (κ2) is 28.6. The van der Waals surface area contributed by atoms with E-state index in [1.807, 2.05) is 0 Å². The highest BCUT2D eigenvalue weighted by atomic mass is 35.5. The van der Waals surface area contributed by atoms with E-state index in [1.165, 1.54) is 0 Å². The van der Waals surface area contributed by atoms with Crippen molar-refractivity contribution in [1.29, 1.82) is 0 Å². The fraction of sp³-hybridized carbons (Fsp3) is 0.700. The van der Waals surface area contributed by atoms with Crippen molar-refractivity contribution in [3.63, 3.8) is 0 Å². The van der Waals surface area contributed by atoms with E-state index in [9.17, 15) is 28.8 Å². The van der Waals surface area contributed by atoms with Crippen molar-refractivity contribution >= 4 is 59.0 Å². The molecule has 0 bridgehead atoms. The molecule has 12 nitrogen and oxygen atoms in total. The van der Waals surface area contributed by atoms with Crippen LogP contribution in [0.5, 0.6) is 0 Å². The molecule has 0 rings (SSSR count). The molecular weight excluding hydrogens is 499 g/mol. The summed E-state index contributed by atoms with van der Waals surface area (Å²) in [7, 11) is 0. The molecule has 0 aromatic heterocycles. The van der Waals surface area contributed by atoms with E-state index < -0.39 is 23.1 Å². The van der Waals surface area contributed by atoms with Crippen LogP contribution in [0.4, 0.5) is 0 Å². The standard InChI is InChI=1S/C10H17NO5.C5H7ClO3.C5H11NO2.ClH/c1-3-15-9(13)5-6-11-8(12)7-10(14)16-4-2;1-2-9-5(8)3-4(6)7;1-2-8-5(7)3-4-6;/h3-7H2,1-2H3,(H,11,12);2-3H2,1H3;2-4,6H2,1H3;1H. The predicted molar refractivity (Wildman–Crippen MR) is 125 cm³/mol. The summed E-state index contributed by atoms with van der Waals surface area (Å²) in [6, 6.07) is 0. The van der Waals surface area contributed by atoms with Gasteiger partial charge in [0.05, 0.1) is 39.3 Å². The van der Waals surface area contributed by atoms with Crippen LogP contribution in [0, 0.1) is 0 Å². The Labute approximate surface area is 210 Å². The lowest BCUT2D eigenvalue weighted by molar-refractivity contribution is -0.147. The number of halogens is 2. The van der Waals surface area contributed by atoms with Gasteiger partial charge in [-0.3, -0.25) is 28.8 Å². The molecule has 0 unspecified atom stereocenters. The van der Waals surface area contributed by atoms with E-state index in [0.717, 1.165) is 0 Å². The minimum atomic E-state index is -0.687. The second-order valence-corrected chi connectivity index (χ2v) is 5.99. The molecule has 0 aromatic carbocycles. The van der Waals surface area contributed by atoms with Crippen molar-refractivity contribution in [1.82, 2.24) is 5.32 Å². The Morgan fingerprint density at radius 2 is 1.06 bits per heavy atom. The lowest BCUT2D eigenvalue weighted by atomic mass is 10.3. The second-order valence-electron chi connectivity index (χ2n) is 5.57. The number of amides is 1. The van der Waals surface area contributed by atoms with Crippen LogP contribution in [-0.2, 0) is 47.7 Å². The lowest BCUT2D eigenvalue weighted by Crippen LogP contribution is -2.28. The van der Waals surface area contributed by atoms with E-state index in [-0.39, 0.29) is 63.4 Å². The number of hydrogen-bond acceptors (Lipinski definition) is 11. The number of carbonyl (C=O) groups is 6. The van der Waals surface area contributed by atoms with Crippen molar-refractivity contribution in [2.75, 3.05) is 39.5 Å². The van der Waals surface area contributed by atoms with Gasteiger partial charge in [0.2, 0.25) is 11.1 Å². The van der Waals surface area contributed by atoms with E-state index in [0.29, 0.717) is 26.2 Å². The molecule has 200 valence electrons. The fourth-order valence-corrected chi connectivity index (χ4v) is 1.73. The molecule has 0 saturated heterocycles. The maximum atomic E-state index is 11.1. The third kappa shape index (κ3) is 34.2. The highest BCUT2D eigenvalue weighted by Crippen LogP contribution is 1.91. The molecule has 0 heterocycles. The number of nitrogens with two attached hydrogens (primary N) is 1. The van der Waals surface area contributed by atoms with Crippen molar-refractivity contribution in [3.05, 3.63) is 0 Å². The Balaban J connectivity index is -0.000000213. The van der Waals surface area contributed by atoms with Gasteiger partial charge in [-0.2, -0.15) is 0 Å². The van der Waals surface area contributed by atoms with Gasteiger partial charge in [0.25, 0.3) is 0 Å². The van der Waals surface area contributed by atoms with Crippen molar-refractivity contribution < 1.29 is 47.7 Å². The van der Waals surface area contributed by atoms with Gasteiger partial charge in [-0.05, 0) is 39.3 Å². The van der Waals surface area contributed by atoms with Crippen LogP contribution in [0.25, 0.3) is 0 Å². The molecule has 0 fully saturated rings. The molecule has 0 aromatic rings. The van der Waals surface area contributed by atoms with Gasteiger partial charge >= 0.3 is 23.9 Å². The molecule has 14 heteroatoms. The smallest absolute Gasteiger partial charge is 0.315 e. The van der Waals surface area contributed by atoms with Crippen molar-refractivity contribution in [2.24, 2.45) is 5.73 Å². The Kier molecular flexibility index (Phi) is 32.6. The molecule has 0 aliphatic rings. The minimum Gasteiger partial charge on any atom is -0.466 e. The fourth-order valence-electron chi connectivity index (χ4n) is 1.62. The van der Waals surface area contributed by atoms with Crippen molar-refractivity contribution in [3.8, 4) is 0 Å². The minimum absolute atomic E-state index is 0. The highest BCUT2D eigenvalue weighted by molar-refractivity contribution is 6.64. The van der Waals surface area contributed by atoms with E-state index >= 15 is 0 Å². The number of hydrogen-bond donors (Lipinski definition) is 2. The van der Waals surface area contributed by atoms with Crippen LogP contribution < -0.4 is 11.1 Å². The number of ether oxygens (including phenoxy) is 4. The first-order chi connectivity index (χ1) is 15.6. The zero-order chi connectivity index (χ0) is 26.1. The molecule has 3 N–H and O–H groups in total. The molecule has 0 aliphatic heterocycles. The summed E-state index contributed by atoms with van der Waals surface area (Å²) in [6.07, 6.45) is -0.234. The molecule has 0 atom stereocenters. The summed E-state index contributed by atoms with van der Waals surface area (Å²) in [5.41, 5.74) is 5.06. The van der Waals surface area contributed by atoms with Gasteiger partial charge in [0, 0.05) is 13.1 Å². The van der Waals surface area contributed by atoms with Gasteiger partial charge in [0.15, 0.2) is 0 Å². The highest BCUT2D eigenvalue weighted by Gasteiger charge is 2.10. The lowest BCUT2D eigenvalue weighted by Gasteiger charge is -2.04. The van der Waals surface area contributed by atoms with Crippen LogP contribution in [0.2, 0.25) is 0 Å². The largest absolute Gasteiger partial charge is 0.466 e. The number of rotatable bonds is 13. The molecule has 0 spiro atoms. The molecule has 0 aliphatic carbocycles. The SMILES string of the molecule is CCOC(=O)CC(=O)Cl.CCOC(=O)CCN.CCOC(=O)CCNC(=O)CC(=O)OCC.Cl. The summed E-state index contributed by atoms with van der Waals surface area (Å²) in [4.78, 5) is 63.5. The van der Waals surface area contributed by atoms with Gasteiger partial charge in [-0.1, -0.05) is 0 Å². The molecule has 0 saturated carbocycles. The van der Waals surface area contributed by atoms with Crippen LogP contribution in [0.15, 0.2) is 0 Å². The average Bonchev–Trinajstić information content (AvgIpc) is 2.69. The average molecular weight is 535 g/mol. The topological polar surface area (TPSA) is 177 Å². The summed E-state index contributed by atoms with van der Waals surface area (Å²) < 4.78 is 18.2. The Morgan fingerprint density at radius 1 is 0.676 bits per heavy atom. The van der Waals surface area contributed by atoms with E-state index in [4.69, 9.17) is 17.3 Å². The van der Waals surface area contributed by atoms with Gasteiger partial charge in [-0.15, -0.1) is 12.4 Å². The number of esters is 4. The first kappa shape index (κ1) is 38.8. The number of nitrogens with one attached hydrogen (secondary N) is 1. The molecular formula is C20H36Cl2N2O10.